The first-order valence-corrected chi connectivity index (χ1v) is 15.9. The van der Waals surface area contributed by atoms with Crippen molar-refractivity contribution in [1.29, 1.82) is 0 Å². The highest BCUT2D eigenvalue weighted by molar-refractivity contribution is 6.29. The Morgan fingerprint density at radius 2 is 1.82 bits per heavy atom. The van der Waals surface area contributed by atoms with Gasteiger partial charge in [0.1, 0.15) is 5.75 Å². The minimum atomic E-state index is -0.0520. The van der Waals surface area contributed by atoms with E-state index in [0.717, 1.165) is 61.3 Å². The lowest BCUT2D eigenvalue weighted by Crippen LogP contribution is -2.41. The summed E-state index contributed by atoms with van der Waals surface area (Å²) in [5, 5.41) is 3.10. The maximum atomic E-state index is 12.6. The van der Waals surface area contributed by atoms with Gasteiger partial charge in [-0.05, 0) is 54.0 Å². The molecule has 1 radical (unpaired) electrons. The molecule has 1 aromatic heterocycles. The van der Waals surface area contributed by atoms with Crippen LogP contribution in [0.25, 0.3) is 12.2 Å². The predicted molar refractivity (Wildman–Crippen MR) is 181 cm³/mol. The highest BCUT2D eigenvalue weighted by Crippen LogP contribution is 2.39. The lowest BCUT2D eigenvalue weighted by molar-refractivity contribution is -0.313. The maximum Gasteiger partial charge on any atom is 0.700 e. The van der Waals surface area contributed by atoms with Crippen LogP contribution in [0.3, 0.4) is 0 Å². The van der Waals surface area contributed by atoms with E-state index in [9.17, 15) is 4.79 Å². The van der Waals surface area contributed by atoms with Gasteiger partial charge in [0.25, 0.3) is 0 Å². The van der Waals surface area contributed by atoms with E-state index >= 15 is 0 Å². The molecule has 8 heteroatoms. The fourth-order valence-corrected chi connectivity index (χ4v) is 6.04. The van der Waals surface area contributed by atoms with Crippen LogP contribution >= 0.6 is 0 Å². The monoisotopic (exact) mass is 596 g/mol. The quantitative estimate of drug-likeness (QED) is 0.398. The van der Waals surface area contributed by atoms with E-state index in [1.54, 1.807) is 7.11 Å². The molecule has 233 valence electrons. The number of fused-ring (bicyclic) bond motifs is 2. The molecule has 2 aromatic rings. The molecule has 1 fully saturated rings. The number of amides is 1. The molecule has 1 saturated heterocycles. The summed E-state index contributed by atoms with van der Waals surface area (Å²) in [6.45, 7) is 20.6. The lowest BCUT2D eigenvalue weighted by Gasteiger charge is -2.28. The summed E-state index contributed by atoms with van der Waals surface area (Å²) in [6, 6.07) is 8.85. The standard InChI is InChI=1S/C36H49BN4O3/c1-25-21-29(10-9-26-22-27(35(2,3)4)23-31(34(26)43-8)36(5,6)7)41-32(25)24-30-12-11-28(40(30)37-41)13-14-33(42)38-15-16-39-17-19-44-20-18-39/h9-12,21-24H,13-20H2,1-8H3,(H,38,42)/q+1. The first-order valence-electron chi connectivity index (χ1n) is 15.9. The Bertz CT molecular complexity index is 1530. The highest BCUT2D eigenvalue weighted by atomic mass is 16.5. The minimum absolute atomic E-state index is 0.0171. The average Bonchev–Trinajstić information content (AvgIpc) is 3.52. The maximum absolute atomic E-state index is 12.6. The van der Waals surface area contributed by atoms with Crippen molar-refractivity contribution in [2.24, 2.45) is 0 Å². The first kappa shape index (κ1) is 32.1. The van der Waals surface area contributed by atoms with Gasteiger partial charge >= 0.3 is 7.55 Å². The number of aromatic nitrogens is 1. The number of hydrogen-bond acceptors (Lipinski definition) is 4. The number of benzene rings is 1. The van der Waals surface area contributed by atoms with Gasteiger partial charge in [-0.1, -0.05) is 47.6 Å². The molecule has 4 heterocycles. The Kier molecular flexibility index (Phi) is 9.43. The van der Waals surface area contributed by atoms with Crippen LogP contribution in [0.5, 0.6) is 5.75 Å². The molecule has 3 aliphatic rings. The van der Waals surface area contributed by atoms with Crippen LogP contribution in [0.15, 0.2) is 47.7 Å². The summed E-state index contributed by atoms with van der Waals surface area (Å²) < 4.78 is 15.9. The van der Waals surface area contributed by atoms with Crippen molar-refractivity contribution >= 4 is 31.3 Å². The number of methoxy groups -OCH3 is 1. The zero-order valence-corrected chi connectivity index (χ0v) is 27.9. The topological polar surface area (TPSA) is 58.7 Å². The van der Waals surface area contributed by atoms with Crippen LogP contribution in [-0.2, 0) is 26.8 Å². The molecule has 0 bridgehead atoms. The minimum Gasteiger partial charge on any atom is -0.496 e. The zero-order valence-electron chi connectivity index (χ0n) is 27.9. The number of morpholine rings is 1. The Balaban J connectivity index is 1.33. The second kappa shape index (κ2) is 12.9. The normalized spacial score (nSPS) is 17.3. The number of allylic oxidation sites excluding steroid dienone is 3. The van der Waals surface area contributed by atoms with Gasteiger partial charge in [-0.3, -0.25) is 14.2 Å². The molecule has 0 atom stereocenters. The fourth-order valence-electron chi connectivity index (χ4n) is 6.04. The zero-order chi connectivity index (χ0) is 31.6. The van der Waals surface area contributed by atoms with Crippen molar-refractivity contribution in [3.05, 3.63) is 75.8 Å². The highest BCUT2D eigenvalue weighted by Gasteiger charge is 2.35. The van der Waals surface area contributed by atoms with Crippen molar-refractivity contribution in [2.45, 2.75) is 72.1 Å². The average molecular weight is 597 g/mol. The van der Waals surface area contributed by atoms with Crippen molar-refractivity contribution in [3.8, 4) is 5.75 Å². The molecule has 3 aliphatic heterocycles. The molecule has 0 spiro atoms. The molecule has 1 amide bonds. The number of carbonyl (C=O) groups excluding carboxylic acids is 1. The summed E-state index contributed by atoms with van der Waals surface area (Å²) >= 11 is 0. The van der Waals surface area contributed by atoms with Crippen molar-refractivity contribution in [2.75, 3.05) is 46.5 Å². The Morgan fingerprint density at radius 3 is 2.50 bits per heavy atom. The van der Waals surface area contributed by atoms with Gasteiger partial charge in [0, 0.05) is 78.9 Å². The third-order valence-electron chi connectivity index (χ3n) is 8.75. The van der Waals surface area contributed by atoms with Gasteiger partial charge in [-0.25, -0.2) is 0 Å². The molecule has 0 saturated carbocycles. The number of hydrogen-bond donors (Lipinski definition) is 1. The predicted octanol–water partition coefficient (Wildman–Crippen LogP) is 5.34. The Morgan fingerprint density at radius 1 is 1.07 bits per heavy atom. The van der Waals surface area contributed by atoms with E-state index in [2.05, 4.69) is 124 Å². The van der Waals surface area contributed by atoms with Crippen LogP contribution in [0.1, 0.15) is 83.0 Å². The number of nitrogens with one attached hydrogen (secondary N) is 1. The summed E-state index contributed by atoms with van der Waals surface area (Å²) in [4.78, 5) is 15.0. The summed E-state index contributed by atoms with van der Waals surface area (Å²) in [5.41, 5.74) is 9.31. The fraction of sp³-hybridized carbons (Fsp3) is 0.500. The molecule has 5 rings (SSSR count). The SMILES string of the molecule is COc1c(C=CC2=[N+]3[B]n4c(ccc4CCC(=O)NCCN4CCOCC4)C=C3C(C)=C2)cc(C(C)(C)C)cc1C(C)(C)C. The van der Waals surface area contributed by atoms with E-state index in [0.29, 0.717) is 19.4 Å². The van der Waals surface area contributed by atoms with E-state index in [1.165, 1.54) is 22.4 Å². The van der Waals surface area contributed by atoms with Gasteiger partial charge in [-0.15, -0.1) is 0 Å². The largest absolute Gasteiger partial charge is 0.700 e. The molecule has 0 unspecified atom stereocenters. The first-order chi connectivity index (χ1) is 20.8. The molecule has 1 N–H and O–H groups in total. The van der Waals surface area contributed by atoms with E-state index < -0.39 is 0 Å². The molecule has 0 aliphatic carbocycles. The van der Waals surface area contributed by atoms with Crippen LogP contribution in [0.4, 0.5) is 0 Å². The van der Waals surface area contributed by atoms with Crippen LogP contribution in [0.2, 0.25) is 0 Å². The molecular formula is C36H49BN4O3+. The number of aryl methyl sites for hydroxylation is 1. The van der Waals surface area contributed by atoms with Gasteiger partial charge in [0.05, 0.1) is 20.3 Å². The van der Waals surface area contributed by atoms with Crippen molar-refractivity contribution in [1.82, 2.24) is 14.7 Å². The molecule has 7 nitrogen and oxygen atoms in total. The van der Waals surface area contributed by atoms with Crippen LogP contribution in [-0.4, -0.2) is 79.5 Å². The third kappa shape index (κ3) is 7.13. The molecular weight excluding hydrogens is 547 g/mol. The van der Waals surface area contributed by atoms with E-state index in [1.807, 2.05) is 0 Å². The van der Waals surface area contributed by atoms with Gasteiger partial charge in [-0.2, -0.15) is 0 Å². The number of ether oxygens (including phenoxy) is 2. The van der Waals surface area contributed by atoms with E-state index in [-0.39, 0.29) is 16.7 Å². The summed E-state index contributed by atoms with van der Waals surface area (Å²) in [7, 11) is 3.93. The van der Waals surface area contributed by atoms with Gasteiger partial charge in [0.15, 0.2) is 11.4 Å². The second-order valence-corrected chi connectivity index (χ2v) is 14.2. The van der Waals surface area contributed by atoms with Crippen molar-refractivity contribution < 1.29 is 18.8 Å². The number of rotatable bonds is 9. The van der Waals surface area contributed by atoms with Crippen LogP contribution < -0.4 is 10.1 Å². The van der Waals surface area contributed by atoms with E-state index in [4.69, 9.17) is 9.47 Å². The second-order valence-electron chi connectivity index (χ2n) is 14.2. The number of nitrogens with zero attached hydrogens (tertiary/aromatic N) is 3. The van der Waals surface area contributed by atoms with Gasteiger partial charge in [0.2, 0.25) is 5.91 Å². The lowest BCUT2D eigenvalue weighted by atomic mass is 9.79. The third-order valence-corrected chi connectivity index (χ3v) is 8.75. The Hall–Kier alpha value is -3.36. The summed E-state index contributed by atoms with van der Waals surface area (Å²) in [6.07, 6.45) is 9.99. The van der Waals surface area contributed by atoms with Crippen LogP contribution in [0, 0.1) is 0 Å². The molecule has 1 aromatic carbocycles. The summed E-state index contributed by atoms with van der Waals surface area (Å²) in [5.74, 6) is 1.02. The molecule has 44 heavy (non-hydrogen) atoms. The van der Waals surface area contributed by atoms with Crippen molar-refractivity contribution in [3.63, 3.8) is 0 Å². The number of carbonyl (C=O) groups is 1. The van der Waals surface area contributed by atoms with Gasteiger partial charge < -0.3 is 19.3 Å². The smallest absolute Gasteiger partial charge is 0.496 e. The Labute approximate surface area is 264 Å².